The molecule has 2 heterocycles. The predicted molar refractivity (Wildman–Crippen MR) is 120 cm³/mol. The molecule has 0 atom stereocenters. The molecule has 1 aliphatic heterocycles. The van der Waals surface area contributed by atoms with Crippen LogP contribution in [0.3, 0.4) is 0 Å². The van der Waals surface area contributed by atoms with Crippen LogP contribution < -0.4 is 5.32 Å². The summed E-state index contributed by atoms with van der Waals surface area (Å²) in [7, 11) is 0. The van der Waals surface area contributed by atoms with Crippen molar-refractivity contribution in [3.63, 3.8) is 0 Å². The molecule has 8 nitrogen and oxygen atoms in total. The molecule has 0 spiro atoms. The standard InChI is InChI=1S/C23H27N5O3/c1-2-26-9-11-27(12-10-26)16-18-5-3-17(4-6-18)14-25-23(29)21-15-24-22-8-7-19(28(30)31)13-20(21)22/h3-8,13,15,24H,2,9-12,14,16H2,1H3,(H,25,29). The fourth-order valence-corrected chi connectivity index (χ4v) is 3.97. The zero-order valence-electron chi connectivity index (χ0n) is 17.6. The monoisotopic (exact) mass is 421 g/mol. The van der Waals surface area contributed by atoms with E-state index in [9.17, 15) is 14.9 Å². The van der Waals surface area contributed by atoms with E-state index >= 15 is 0 Å². The maximum atomic E-state index is 12.6. The minimum atomic E-state index is -0.459. The van der Waals surface area contributed by atoms with E-state index in [0.29, 0.717) is 23.0 Å². The van der Waals surface area contributed by atoms with Gasteiger partial charge in [-0.05, 0) is 23.7 Å². The molecular formula is C23H27N5O3. The quantitative estimate of drug-likeness (QED) is 0.451. The van der Waals surface area contributed by atoms with Crippen LogP contribution in [-0.4, -0.2) is 58.3 Å². The SMILES string of the molecule is CCN1CCN(Cc2ccc(CNC(=O)c3c[nH]c4ccc([N+](=O)[O-])cc34)cc2)CC1. The Morgan fingerprint density at radius 2 is 1.74 bits per heavy atom. The molecule has 0 aliphatic carbocycles. The number of likely N-dealkylation sites (N-methyl/N-ethyl adjacent to an activating group) is 1. The number of hydrogen-bond donors (Lipinski definition) is 2. The van der Waals surface area contributed by atoms with Crippen LogP contribution in [-0.2, 0) is 13.1 Å². The van der Waals surface area contributed by atoms with E-state index in [1.165, 1.54) is 17.7 Å². The number of rotatable bonds is 7. The third kappa shape index (κ3) is 4.92. The lowest BCUT2D eigenvalue weighted by atomic mass is 10.1. The number of aromatic amines is 1. The van der Waals surface area contributed by atoms with E-state index in [1.807, 2.05) is 12.1 Å². The minimum Gasteiger partial charge on any atom is -0.360 e. The maximum Gasteiger partial charge on any atom is 0.270 e. The maximum absolute atomic E-state index is 12.6. The minimum absolute atomic E-state index is 0.0344. The molecule has 1 fully saturated rings. The summed E-state index contributed by atoms with van der Waals surface area (Å²) < 4.78 is 0. The summed E-state index contributed by atoms with van der Waals surface area (Å²) in [6.45, 7) is 9.09. The highest BCUT2D eigenvalue weighted by Crippen LogP contribution is 2.23. The van der Waals surface area contributed by atoms with E-state index in [-0.39, 0.29) is 11.6 Å². The Kier molecular flexibility index (Phi) is 6.29. The summed E-state index contributed by atoms with van der Waals surface area (Å²) in [4.78, 5) is 31.1. The Balaban J connectivity index is 1.34. The number of non-ortho nitro benzene ring substituents is 1. The smallest absolute Gasteiger partial charge is 0.270 e. The summed E-state index contributed by atoms with van der Waals surface area (Å²) in [6.07, 6.45) is 1.59. The van der Waals surface area contributed by atoms with Gasteiger partial charge >= 0.3 is 0 Å². The fraction of sp³-hybridized carbons (Fsp3) is 0.348. The van der Waals surface area contributed by atoms with Crippen molar-refractivity contribution in [3.8, 4) is 0 Å². The van der Waals surface area contributed by atoms with Crippen LogP contribution >= 0.6 is 0 Å². The van der Waals surface area contributed by atoms with Crippen molar-refractivity contribution in [1.29, 1.82) is 0 Å². The van der Waals surface area contributed by atoms with Gasteiger partial charge in [0.15, 0.2) is 0 Å². The molecule has 31 heavy (non-hydrogen) atoms. The van der Waals surface area contributed by atoms with Crippen LogP contribution in [0.15, 0.2) is 48.7 Å². The average Bonchev–Trinajstić information content (AvgIpc) is 3.22. The Bertz CT molecular complexity index is 1070. The van der Waals surface area contributed by atoms with Crippen LogP contribution in [0.25, 0.3) is 10.9 Å². The van der Waals surface area contributed by atoms with Crippen molar-refractivity contribution in [2.75, 3.05) is 32.7 Å². The zero-order valence-corrected chi connectivity index (χ0v) is 17.6. The number of amides is 1. The molecule has 1 aliphatic rings. The number of nitrogens with zero attached hydrogens (tertiary/aromatic N) is 3. The number of nitrogens with one attached hydrogen (secondary N) is 2. The van der Waals surface area contributed by atoms with Crippen molar-refractivity contribution >= 4 is 22.5 Å². The molecule has 8 heteroatoms. The first-order chi connectivity index (χ1) is 15.0. The lowest BCUT2D eigenvalue weighted by Gasteiger charge is -2.34. The van der Waals surface area contributed by atoms with E-state index < -0.39 is 4.92 Å². The summed E-state index contributed by atoms with van der Waals surface area (Å²) >= 11 is 0. The van der Waals surface area contributed by atoms with Crippen molar-refractivity contribution < 1.29 is 9.72 Å². The highest BCUT2D eigenvalue weighted by atomic mass is 16.6. The van der Waals surface area contributed by atoms with Gasteiger partial charge in [-0.15, -0.1) is 0 Å². The first-order valence-corrected chi connectivity index (χ1v) is 10.6. The number of hydrogen-bond acceptors (Lipinski definition) is 5. The van der Waals surface area contributed by atoms with Gasteiger partial charge in [-0.2, -0.15) is 0 Å². The predicted octanol–water partition coefficient (Wildman–Crippen LogP) is 3.14. The number of fused-ring (bicyclic) bond motifs is 1. The van der Waals surface area contributed by atoms with E-state index in [4.69, 9.17) is 0 Å². The molecule has 0 radical (unpaired) electrons. The number of carbonyl (C=O) groups excluding carboxylic acids is 1. The number of H-pyrrole nitrogens is 1. The van der Waals surface area contributed by atoms with Gasteiger partial charge in [0.25, 0.3) is 11.6 Å². The van der Waals surface area contributed by atoms with Crippen molar-refractivity contribution in [1.82, 2.24) is 20.1 Å². The highest BCUT2D eigenvalue weighted by Gasteiger charge is 2.16. The second-order valence-corrected chi connectivity index (χ2v) is 7.90. The van der Waals surface area contributed by atoms with E-state index in [1.54, 1.807) is 12.3 Å². The topological polar surface area (TPSA) is 94.5 Å². The molecule has 1 saturated heterocycles. The Labute approximate surface area is 181 Å². The Morgan fingerprint density at radius 1 is 1.06 bits per heavy atom. The Hall–Kier alpha value is -3.23. The summed E-state index contributed by atoms with van der Waals surface area (Å²) in [5.74, 6) is -0.260. The number of carbonyl (C=O) groups is 1. The van der Waals surface area contributed by atoms with E-state index in [0.717, 1.165) is 44.8 Å². The lowest BCUT2D eigenvalue weighted by Crippen LogP contribution is -2.45. The Morgan fingerprint density at radius 3 is 2.42 bits per heavy atom. The van der Waals surface area contributed by atoms with Crippen molar-refractivity contribution in [2.45, 2.75) is 20.0 Å². The number of aromatic nitrogens is 1. The molecule has 3 aromatic rings. The summed E-state index contributed by atoms with van der Waals surface area (Å²) in [5.41, 5.74) is 3.34. The van der Waals surface area contributed by atoms with Crippen LogP contribution in [0.5, 0.6) is 0 Å². The number of piperazine rings is 1. The molecule has 2 N–H and O–H groups in total. The van der Waals surface area contributed by atoms with Crippen LogP contribution in [0.2, 0.25) is 0 Å². The molecule has 1 aromatic heterocycles. The average molecular weight is 422 g/mol. The van der Waals surface area contributed by atoms with Crippen molar-refractivity contribution in [3.05, 3.63) is 75.5 Å². The van der Waals surface area contributed by atoms with Crippen molar-refractivity contribution in [2.24, 2.45) is 0 Å². The van der Waals surface area contributed by atoms with Gasteiger partial charge in [-0.25, -0.2) is 0 Å². The number of benzene rings is 2. The van der Waals surface area contributed by atoms with Gasteiger partial charge < -0.3 is 15.2 Å². The lowest BCUT2D eigenvalue weighted by molar-refractivity contribution is -0.384. The molecular weight excluding hydrogens is 394 g/mol. The van der Waals surface area contributed by atoms with Crippen LogP contribution in [0.4, 0.5) is 5.69 Å². The third-order valence-corrected chi connectivity index (χ3v) is 5.92. The normalized spacial score (nSPS) is 15.3. The second-order valence-electron chi connectivity index (χ2n) is 7.90. The van der Waals surface area contributed by atoms with Gasteiger partial charge in [-0.1, -0.05) is 31.2 Å². The molecule has 4 rings (SSSR count). The molecule has 162 valence electrons. The molecule has 1 amide bonds. The summed E-state index contributed by atoms with van der Waals surface area (Å²) in [6, 6.07) is 12.8. The number of nitro groups is 1. The van der Waals surface area contributed by atoms with Gasteiger partial charge in [0, 0.05) is 68.5 Å². The first-order valence-electron chi connectivity index (χ1n) is 10.6. The van der Waals surface area contributed by atoms with Gasteiger partial charge in [-0.3, -0.25) is 19.8 Å². The van der Waals surface area contributed by atoms with Gasteiger partial charge in [0.05, 0.1) is 10.5 Å². The van der Waals surface area contributed by atoms with E-state index in [2.05, 4.69) is 39.2 Å². The summed E-state index contributed by atoms with van der Waals surface area (Å²) in [5, 5.41) is 14.5. The highest BCUT2D eigenvalue weighted by molar-refractivity contribution is 6.07. The van der Waals surface area contributed by atoms with Crippen LogP contribution in [0.1, 0.15) is 28.4 Å². The molecule has 0 unspecified atom stereocenters. The van der Waals surface area contributed by atoms with Crippen LogP contribution in [0, 0.1) is 10.1 Å². The second kappa shape index (κ2) is 9.28. The third-order valence-electron chi connectivity index (χ3n) is 5.92. The number of nitro benzene ring substituents is 1. The molecule has 2 aromatic carbocycles. The molecule has 0 bridgehead atoms. The first kappa shape index (κ1) is 21.0. The largest absolute Gasteiger partial charge is 0.360 e. The van der Waals surface area contributed by atoms with Gasteiger partial charge in [0.1, 0.15) is 0 Å². The van der Waals surface area contributed by atoms with Gasteiger partial charge in [0.2, 0.25) is 0 Å². The zero-order chi connectivity index (χ0) is 21.8. The fourth-order valence-electron chi connectivity index (χ4n) is 3.97. The molecule has 0 saturated carbocycles.